The summed E-state index contributed by atoms with van der Waals surface area (Å²) < 4.78 is 0. The average molecular weight is 808 g/mol. The van der Waals surface area contributed by atoms with Crippen LogP contribution >= 0.6 is 46.7 Å². The highest BCUT2D eigenvalue weighted by Gasteiger charge is 2.37. The minimum Gasteiger partial charge on any atom is -0.268 e. The number of hydrogen-bond acceptors (Lipinski definition) is 6. The Bertz CT molecular complexity index is 2460. The Balaban J connectivity index is 1.14. The molecule has 8 rings (SSSR count). The van der Waals surface area contributed by atoms with Crippen molar-refractivity contribution in [3.05, 3.63) is 188 Å². The highest BCUT2D eigenvalue weighted by Crippen LogP contribution is 2.43. The fourth-order valence-electron chi connectivity index (χ4n) is 6.39. The van der Waals surface area contributed by atoms with E-state index in [1.165, 1.54) is 23.5 Å². The van der Waals surface area contributed by atoms with Crippen LogP contribution in [0.3, 0.4) is 0 Å². The van der Waals surface area contributed by atoms with Gasteiger partial charge in [-0.05, 0) is 131 Å². The maximum Gasteiger partial charge on any atom is 0.271 e. The van der Waals surface area contributed by atoms with E-state index in [1.807, 2.05) is 147 Å². The standard InChI is InChI=1S/C46H32Cl2N4O2S2/c1-29-25-33(21-23-39(29)51-43(53)41(27-31-13-5-3-6-14-31)55-45(51)49-37-19-11-9-17-35(37)47)34-22-24-40(30(2)26-34)52-44(54)42(28-32-15-7-4-8-16-32)56-46(52)50-38-20-12-10-18-36(38)48/h3-28H,1-2H3/b41-27+,42-28+,49-45?,50-46?. The SMILES string of the molecule is Cc1cc(-c2ccc(N3C(=O)/C(=C\c4ccccc4)SC3=Nc3ccccc3Cl)c(C)c2)ccc1N1C(=O)/C(=C\c2ccccc2)SC1=Nc1ccccc1Cl. The van der Waals surface area contributed by atoms with E-state index < -0.39 is 0 Å². The third-order valence-corrected chi connectivity index (χ3v) is 11.7. The third-order valence-electron chi connectivity index (χ3n) is 9.15. The molecule has 0 radical (unpaired) electrons. The van der Waals surface area contributed by atoms with Crippen LogP contribution < -0.4 is 9.80 Å². The van der Waals surface area contributed by atoms with Crippen molar-refractivity contribution in [3.8, 4) is 11.1 Å². The zero-order valence-corrected chi connectivity index (χ0v) is 33.3. The van der Waals surface area contributed by atoms with Crippen LogP contribution in [0.5, 0.6) is 0 Å². The molecule has 2 aliphatic rings. The van der Waals surface area contributed by atoms with E-state index in [1.54, 1.807) is 21.9 Å². The molecule has 6 aromatic carbocycles. The van der Waals surface area contributed by atoms with Gasteiger partial charge in [-0.25, -0.2) is 9.98 Å². The van der Waals surface area contributed by atoms with Gasteiger partial charge < -0.3 is 0 Å². The largest absolute Gasteiger partial charge is 0.271 e. The Hall–Kier alpha value is -5.64. The Morgan fingerprint density at radius 1 is 0.500 bits per heavy atom. The molecule has 0 unspecified atom stereocenters. The quantitative estimate of drug-likeness (QED) is 0.151. The highest BCUT2D eigenvalue weighted by atomic mass is 35.5. The van der Waals surface area contributed by atoms with Crippen molar-refractivity contribution in [2.24, 2.45) is 9.98 Å². The van der Waals surface area contributed by atoms with Gasteiger partial charge in [0.05, 0.1) is 42.6 Å². The van der Waals surface area contributed by atoms with Gasteiger partial charge in [0.1, 0.15) is 0 Å². The fraction of sp³-hybridized carbons (Fsp3) is 0.0435. The summed E-state index contributed by atoms with van der Waals surface area (Å²) in [7, 11) is 0. The maximum absolute atomic E-state index is 14.1. The summed E-state index contributed by atoms with van der Waals surface area (Å²) in [6.45, 7) is 3.98. The van der Waals surface area contributed by atoms with Crippen LogP contribution in [0.1, 0.15) is 22.3 Å². The number of benzene rings is 6. The number of aliphatic imine (C=N–C) groups is 2. The number of para-hydroxylation sites is 2. The molecule has 0 spiro atoms. The van der Waals surface area contributed by atoms with Gasteiger partial charge in [0.2, 0.25) is 0 Å². The first-order valence-electron chi connectivity index (χ1n) is 17.7. The van der Waals surface area contributed by atoms with E-state index in [0.29, 0.717) is 41.6 Å². The first-order chi connectivity index (χ1) is 27.2. The first-order valence-corrected chi connectivity index (χ1v) is 20.1. The van der Waals surface area contributed by atoms with Crippen LogP contribution in [0.15, 0.2) is 165 Å². The number of hydrogen-bond donors (Lipinski definition) is 0. The van der Waals surface area contributed by atoms with Crippen LogP contribution in [-0.4, -0.2) is 22.1 Å². The average Bonchev–Trinajstić information content (AvgIpc) is 3.67. The second kappa shape index (κ2) is 16.2. The predicted octanol–water partition coefficient (Wildman–Crippen LogP) is 12.9. The monoisotopic (exact) mass is 806 g/mol. The molecule has 10 heteroatoms. The topological polar surface area (TPSA) is 65.3 Å². The van der Waals surface area contributed by atoms with E-state index in [-0.39, 0.29) is 11.8 Å². The predicted molar refractivity (Wildman–Crippen MR) is 237 cm³/mol. The van der Waals surface area contributed by atoms with Gasteiger partial charge in [0.25, 0.3) is 11.8 Å². The second-order valence-corrected chi connectivity index (χ2v) is 15.9. The molecule has 0 aromatic heterocycles. The number of aryl methyl sites for hydroxylation is 2. The van der Waals surface area contributed by atoms with Crippen LogP contribution in [0, 0.1) is 13.8 Å². The number of nitrogens with zero attached hydrogens (tertiary/aromatic N) is 4. The van der Waals surface area contributed by atoms with E-state index >= 15 is 0 Å². The number of anilines is 2. The van der Waals surface area contributed by atoms with E-state index in [4.69, 9.17) is 33.2 Å². The van der Waals surface area contributed by atoms with Crippen LogP contribution in [0.2, 0.25) is 10.0 Å². The molecule has 0 aliphatic carbocycles. The van der Waals surface area contributed by atoms with Crippen molar-refractivity contribution in [1.29, 1.82) is 0 Å². The summed E-state index contributed by atoms with van der Waals surface area (Å²) >= 11 is 15.7. The highest BCUT2D eigenvalue weighted by molar-refractivity contribution is 8.19. The van der Waals surface area contributed by atoms with E-state index in [9.17, 15) is 9.59 Å². The van der Waals surface area contributed by atoms with Crippen LogP contribution in [0.25, 0.3) is 23.3 Å². The van der Waals surface area contributed by atoms with Gasteiger partial charge in [0, 0.05) is 0 Å². The summed E-state index contributed by atoms with van der Waals surface area (Å²) in [5, 5.41) is 2.03. The molecule has 0 atom stereocenters. The fourth-order valence-corrected chi connectivity index (χ4v) is 8.72. The minimum atomic E-state index is -0.163. The normalized spacial score (nSPS) is 17.3. The zero-order valence-electron chi connectivity index (χ0n) is 30.2. The van der Waals surface area contributed by atoms with Gasteiger partial charge in [-0.1, -0.05) is 120 Å². The molecule has 0 N–H and O–H groups in total. The van der Waals surface area contributed by atoms with Crippen molar-refractivity contribution in [2.45, 2.75) is 13.8 Å². The van der Waals surface area contributed by atoms with Gasteiger partial charge >= 0.3 is 0 Å². The summed E-state index contributed by atoms with van der Waals surface area (Å²) in [6, 6.07) is 46.3. The maximum atomic E-state index is 14.1. The zero-order chi connectivity index (χ0) is 38.8. The summed E-state index contributed by atoms with van der Waals surface area (Å²) in [5.74, 6) is -0.326. The molecule has 2 heterocycles. The minimum absolute atomic E-state index is 0.163. The number of carbonyl (C=O) groups is 2. The Labute approximate surface area is 343 Å². The van der Waals surface area contributed by atoms with Gasteiger partial charge in [-0.2, -0.15) is 0 Å². The lowest BCUT2D eigenvalue weighted by molar-refractivity contribution is -0.114. The van der Waals surface area contributed by atoms with Crippen LogP contribution in [-0.2, 0) is 9.59 Å². The number of carbonyl (C=O) groups excluding carboxylic acids is 2. The lowest BCUT2D eigenvalue weighted by Crippen LogP contribution is -2.29. The molecule has 2 amide bonds. The molecule has 2 saturated heterocycles. The third kappa shape index (κ3) is 7.74. The molecular weight excluding hydrogens is 776 g/mol. The van der Waals surface area contributed by atoms with Crippen molar-refractivity contribution in [1.82, 2.24) is 0 Å². The van der Waals surface area contributed by atoms with Crippen molar-refractivity contribution >= 4 is 104 Å². The Kier molecular flexibility index (Phi) is 10.8. The Morgan fingerprint density at radius 3 is 1.25 bits per heavy atom. The molecule has 56 heavy (non-hydrogen) atoms. The molecule has 6 nitrogen and oxygen atoms in total. The number of thioether (sulfide) groups is 2. The summed E-state index contributed by atoms with van der Waals surface area (Å²) in [4.78, 5) is 42.4. The van der Waals surface area contributed by atoms with Gasteiger partial charge in [0.15, 0.2) is 10.3 Å². The number of amidine groups is 2. The smallest absolute Gasteiger partial charge is 0.268 e. The van der Waals surface area contributed by atoms with E-state index in [0.717, 1.165) is 44.8 Å². The first kappa shape index (κ1) is 37.3. The summed E-state index contributed by atoms with van der Waals surface area (Å²) in [6.07, 6.45) is 3.77. The van der Waals surface area contributed by atoms with Gasteiger partial charge in [-0.3, -0.25) is 19.4 Å². The van der Waals surface area contributed by atoms with Crippen molar-refractivity contribution < 1.29 is 9.59 Å². The molecule has 274 valence electrons. The molecule has 6 aromatic rings. The number of amides is 2. The second-order valence-electron chi connectivity index (χ2n) is 13.0. The van der Waals surface area contributed by atoms with Crippen molar-refractivity contribution in [3.63, 3.8) is 0 Å². The van der Waals surface area contributed by atoms with E-state index in [2.05, 4.69) is 12.1 Å². The number of halogens is 2. The molecule has 2 aliphatic heterocycles. The Morgan fingerprint density at radius 2 is 0.875 bits per heavy atom. The molecule has 0 saturated carbocycles. The molecule has 2 fully saturated rings. The molecule has 0 bridgehead atoms. The number of rotatable bonds is 7. The molecular formula is C46H32Cl2N4O2S2. The van der Waals surface area contributed by atoms with Crippen LogP contribution in [0.4, 0.5) is 22.7 Å². The lowest BCUT2D eigenvalue weighted by atomic mass is 9.99. The van der Waals surface area contributed by atoms with Gasteiger partial charge in [-0.15, -0.1) is 0 Å². The summed E-state index contributed by atoms with van der Waals surface area (Å²) in [5.41, 5.74) is 8.16. The lowest BCUT2D eigenvalue weighted by Gasteiger charge is -2.21. The van der Waals surface area contributed by atoms with Crippen molar-refractivity contribution in [2.75, 3.05) is 9.80 Å².